The van der Waals surface area contributed by atoms with Gasteiger partial charge in [-0.3, -0.25) is 19.7 Å². The van der Waals surface area contributed by atoms with Gasteiger partial charge in [-0.05, 0) is 69.3 Å². The lowest BCUT2D eigenvalue weighted by Crippen LogP contribution is -2.56. The highest BCUT2D eigenvalue weighted by atomic mass is 16.6. The van der Waals surface area contributed by atoms with Crippen LogP contribution in [-0.4, -0.2) is 57.5 Å². The number of hydrogen-bond donors (Lipinski definition) is 2. The first-order valence-electron chi connectivity index (χ1n) is 12.4. The molecule has 2 N–H and O–H groups in total. The van der Waals surface area contributed by atoms with Crippen molar-refractivity contribution in [3.05, 3.63) is 34.4 Å². The summed E-state index contributed by atoms with van der Waals surface area (Å²) in [7, 11) is 0. The zero-order chi connectivity index (χ0) is 24.9. The summed E-state index contributed by atoms with van der Waals surface area (Å²) >= 11 is 0. The lowest BCUT2D eigenvalue weighted by molar-refractivity contribution is -0.383. The molecule has 4 saturated carbocycles. The van der Waals surface area contributed by atoms with Gasteiger partial charge in [0.05, 0.1) is 16.4 Å². The molecule has 0 spiro atoms. The lowest BCUT2D eigenvalue weighted by atomic mass is 9.49. The average molecular weight is 486 g/mol. The van der Waals surface area contributed by atoms with E-state index in [0.29, 0.717) is 17.8 Å². The molecule has 188 valence electrons. The van der Waals surface area contributed by atoms with E-state index in [1.807, 2.05) is 0 Å². The molecule has 10 heteroatoms. The van der Waals surface area contributed by atoms with E-state index in [0.717, 1.165) is 19.3 Å². The standard InChI is InChI=1S/C25H31N3O7/c1-14(22(30)26-19-4-2-3-5-20(19)28(33)34)35-23(31)21-9-18(29)13-27(21)24(32)25-10-15-6-16(11-25)8-17(7-15)12-25/h2-5,14-18,21,29H,6-13H2,1H3,(H,26,30)/t14?,15?,16?,17?,18?,21-,25?/m0/s1. The van der Waals surface area contributed by atoms with Crippen LogP contribution in [0.15, 0.2) is 24.3 Å². The van der Waals surface area contributed by atoms with Gasteiger partial charge in [-0.25, -0.2) is 4.79 Å². The van der Waals surface area contributed by atoms with Crippen molar-refractivity contribution in [2.24, 2.45) is 23.2 Å². The van der Waals surface area contributed by atoms with Crippen LogP contribution < -0.4 is 5.32 Å². The van der Waals surface area contributed by atoms with Crippen LogP contribution in [0, 0.1) is 33.3 Å². The van der Waals surface area contributed by atoms with E-state index in [-0.39, 0.29) is 30.2 Å². The topological polar surface area (TPSA) is 139 Å². The summed E-state index contributed by atoms with van der Waals surface area (Å²) in [5.41, 5.74) is -0.724. The molecule has 1 heterocycles. The van der Waals surface area contributed by atoms with Crippen LogP contribution in [0.5, 0.6) is 0 Å². The summed E-state index contributed by atoms with van der Waals surface area (Å²) in [5.74, 6) is 0.166. The molecule has 2 amide bonds. The van der Waals surface area contributed by atoms with Crippen molar-refractivity contribution in [2.45, 2.75) is 70.1 Å². The Morgan fingerprint density at radius 2 is 1.71 bits per heavy atom. The Morgan fingerprint density at radius 1 is 1.11 bits per heavy atom. The second-order valence-electron chi connectivity index (χ2n) is 10.9. The number of nitrogens with one attached hydrogen (secondary N) is 1. The number of nitro benzene ring substituents is 1. The fourth-order valence-corrected chi connectivity index (χ4v) is 7.22. The number of β-amino-alcohol motifs (C(OH)–C–C–N with tert-alkyl or cyclic N) is 1. The first kappa shape index (κ1) is 23.7. The molecule has 0 aromatic heterocycles. The number of aliphatic hydroxyl groups is 1. The first-order chi connectivity index (χ1) is 16.6. The molecular weight excluding hydrogens is 454 g/mol. The molecule has 1 aliphatic heterocycles. The zero-order valence-electron chi connectivity index (χ0n) is 19.7. The highest BCUT2D eigenvalue weighted by Crippen LogP contribution is 2.60. The number of anilines is 1. The van der Waals surface area contributed by atoms with Gasteiger partial charge in [-0.2, -0.15) is 0 Å². The van der Waals surface area contributed by atoms with E-state index >= 15 is 0 Å². The number of likely N-dealkylation sites (tertiary alicyclic amines) is 1. The number of esters is 1. The van der Waals surface area contributed by atoms with Gasteiger partial charge in [0, 0.05) is 19.0 Å². The number of amides is 2. The molecule has 4 aliphatic carbocycles. The Balaban J connectivity index is 1.26. The molecule has 5 aliphatic rings. The van der Waals surface area contributed by atoms with Crippen LogP contribution >= 0.6 is 0 Å². The molecular formula is C25H31N3O7. The van der Waals surface area contributed by atoms with Gasteiger partial charge >= 0.3 is 5.97 Å². The number of rotatable bonds is 6. The van der Waals surface area contributed by atoms with Crippen molar-refractivity contribution in [3.8, 4) is 0 Å². The van der Waals surface area contributed by atoms with E-state index in [1.54, 1.807) is 6.07 Å². The minimum absolute atomic E-state index is 0.000285. The second kappa shape index (κ2) is 8.89. The quantitative estimate of drug-likeness (QED) is 0.359. The molecule has 1 aromatic carbocycles. The van der Waals surface area contributed by atoms with Crippen molar-refractivity contribution in [3.63, 3.8) is 0 Å². The fraction of sp³-hybridized carbons (Fsp3) is 0.640. The van der Waals surface area contributed by atoms with Crippen molar-refractivity contribution in [1.29, 1.82) is 0 Å². The maximum atomic E-state index is 13.8. The van der Waals surface area contributed by atoms with E-state index in [9.17, 15) is 29.6 Å². The van der Waals surface area contributed by atoms with Gasteiger partial charge in [0.2, 0.25) is 5.91 Å². The van der Waals surface area contributed by atoms with Gasteiger partial charge in [0.25, 0.3) is 11.6 Å². The van der Waals surface area contributed by atoms with Crippen molar-refractivity contribution < 1.29 is 29.2 Å². The van der Waals surface area contributed by atoms with Crippen LogP contribution in [0.1, 0.15) is 51.9 Å². The van der Waals surface area contributed by atoms with E-state index in [1.165, 1.54) is 49.3 Å². The molecule has 4 bridgehead atoms. The largest absolute Gasteiger partial charge is 0.451 e. The van der Waals surface area contributed by atoms with E-state index in [2.05, 4.69) is 5.32 Å². The number of nitro groups is 1. The summed E-state index contributed by atoms with van der Waals surface area (Å²) in [6.45, 7) is 1.45. The van der Waals surface area contributed by atoms with Crippen LogP contribution in [0.4, 0.5) is 11.4 Å². The second-order valence-corrected chi connectivity index (χ2v) is 10.9. The van der Waals surface area contributed by atoms with Gasteiger partial charge in [0.15, 0.2) is 6.10 Å². The van der Waals surface area contributed by atoms with Gasteiger partial charge in [-0.15, -0.1) is 0 Å². The van der Waals surface area contributed by atoms with Crippen molar-refractivity contribution >= 4 is 29.2 Å². The highest BCUT2D eigenvalue weighted by molar-refractivity contribution is 5.97. The summed E-state index contributed by atoms with van der Waals surface area (Å²) in [6.07, 6.45) is 4.10. The fourth-order valence-electron chi connectivity index (χ4n) is 7.22. The number of aliphatic hydroxyl groups excluding tert-OH is 1. The van der Waals surface area contributed by atoms with E-state index in [4.69, 9.17) is 4.74 Å². The maximum absolute atomic E-state index is 13.8. The third-order valence-corrected chi connectivity index (χ3v) is 8.32. The normalized spacial score (nSPS) is 33.9. The number of benzene rings is 1. The molecule has 35 heavy (non-hydrogen) atoms. The minimum atomic E-state index is -1.24. The molecule has 0 radical (unpaired) electrons. The highest BCUT2D eigenvalue weighted by Gasteiger charge is 2.57. The molecule has 1 aromatic rings. The smallest absolute Gasteiger partial charge is 0.329 e. The number of carbonyl (C=O) groups excluding carboxylic acids is 3. The summed E-state index contributed by atoms with van der Waals surface area (Å²) in [6, 6.07) is 4.74. The summed E-state index contributed by atoms with van der Waals surface area (Å²) in [4.78, 5) is 51.5. The lowest BCUT2D eigenvalue weighted by Gasteiger charge is -2.56. The predicted molar refractivity (Wildman–Crippen MR) is 124 cm³/mol. The third-order valence-electron chi connectivity index (χ3n) is 8.32. The number of nitrogens with zero attached hydrogens (tertiary/aromatic N) is 2. The Bertz CT molecular complexity index is 1020. The molecule has 5 fully saturated rings. The number of hydrogen-bond acceptors (Lipinski definition) is 7. The van der Waals surface area contributed by atoms with Gasteiger partial charge in [-0.1, -0.05) is 12.1 Å². The van der Waals surface area contributed by atoms with Crippen LogP contribution in [0.25, 0.3) is 0 Å². The van der Waals surface area contributed by atoms with Crippen molar-refractivity contribution in [1.82, 2.24) is 4.90 Å². The number of para-hydroxylation sites is 2. The number of carbonyl (C=O) groups is 3. The Labute approximate surface area is 203 Å². The third kappa shape index (κ3) is 4.39. The average Bonchev–Trinajstić information content (AvgIpc) is 3.19. The van der Waals surface area contributed by atoms with Crippen molar-refractivity contribution in [2.75, 3.05) is 11.9 Å². The van der Waals surface area contributed by atoms with Crippen LogP contribution in [0.3, 0.4) is 0 Å². The summed E-state index contributed by atoms with van der Waals surface area (Å²) in [5, 5.41) is 23.9. The molecule has 2 unspecified atom stereocenters. The monoisotopic (exact) mass is 485 g/mol. The molecule has 1 saturated heterocycles. The molecule has 3 atom stereocenters. The van der Waals surface area contributed by atoms with E-state index < -0.39 is 40.5 Å². The maximum Gasteiger partial charge on any atom is 0.329 e. The van der Waals surface area contributed by atoms with Gasteiger partial charge < -0.3 is 20.1 Å². The number of ether oxygens (including phenoxy) is 1. The summed E-state index contributed by atoms with van der Waals surface area (Å²) < 4.78 is 5.39. The SMILES string of the molecule is CC(OC(=O)[C@@H]1CC(O)CN1C(=O)C12CC3CC(CC(C3)C1)C2)C(=O)Nc1ccccc1[N+](=O)[O-]. The Hall–Kier alpha value is -3.01. The first-order valence-corrected chi connectivity index (χ1v) is 12.4. The van der Waals surface area contributed by atoms with Crippen LogP contribution in [0.2, 0.25) is 0 Å². The Kier molecular flexibility index (Phi) is 6.03. The predicted octanol–water partition coefficient (Wildman–Crippen LogP) is 2.64. The van der Waals surface area contributed by atoms with Crippen LogP contribution in [-0.2, 0) is 19.1 Å². The molecule has 6 rings (SSSR count). The Morgan fingerprint density at radius 3 is 2.31 bits per heavy atom. The minimum Gasteiger partial charge on any atom is -0.451 e. The van der Waals surface area contributed by atoms with Gasteiger partial charge in [0.1, 0.15) is 11.7 Å². The zero-order valence-corrected chi connectivity index (χ0v) is 19.7. The molecule has 10 nitrogen and oxygen atoms in total.